The summed E-state index contributed by atoms with van der Waals surface area (Å²) < 4.78 is 0.961. The zero-order valence-electron chi connectivity index (χ0n) is 18.1. The molecule has 4 rings (SSSR count). The van der Waals surface area contributed by atoms with Crippen molar-refractivity contribution in [3.63, 3.8) is 0 Å². The molecule has 0 radical (unpaired) electrons. The summed E-state index contributed by atoms with van der Waals surface area (Å²) in [5.74, 6) is 0.219. The Bertz CT molecular complexity index is 917. The van der Waals surface area contributed by atoms with Crippen molar-refractivity contribution >= 4 is 33.4 Å². The van der Waals surface area contributed by atoms with Crippen LogP contribution in [0.1, 0.15) is 41.6 Å². The van der Waals surface area contributed by atoms with Gasteiger partial charge in [0.2, 0.25) is 5.91 Å². The average molecular weight is 484 g/mol. The molecule has 164 valence electrons. The zero-order chi connectivity index (χ0) is 21.8. The largest absolute Gasteiger partial charge is 0.371 e. The number of amides is 2. The molecular weight excluding hydrogens is 454 g/mol. The highest BCUT2D eigenvalue weighted by Gasteiger charge is 2.30. The van der Waals surface area contributed by atoms with Crippen LogP contribution in [-0.2, 0) is 11.3 Å². The van der Waals surface area contributed by atoms with E-state index in [0.717, 1.165) is 30.4 Å². The molecule has 0 saturated carbocycles. The summed E-state index contributed by atoms with van der Waals surface area (Å²) in [5.41, 5.74) is 3.17. The number of anilines is 1. The van der Waals surface area contributed by atoms with Gasteiger partial charge in [0.05, 0.1) is 0 Å². The Morgan fingerprint density at radius 3 is 2.29 bits per heavy atom. The fourth-order valence-electron chi connectivity index (χ4n) is 4.66. The van der Waals surface area contributed by atoms with Gasteiger partial charge >= 0.3 is 0 Å². The van der Waals surface area contributed by atoms with E-state index in [2.05, 4.69) is 45.1 Å². The highest BCUT2D eigenvalue weighted by Crippen LogP contribution is 2.27. The van der Waals surface area contributed by atoms with Crippen LogP contribution in [0.4, 0.5) is 5.69 Å². The molecule has 2 amide bonds. The molecule has 2 aliphatic heterocycles. The first-order chi connectivity index (χ1) is 15.0. The monoisotopic (exact) mass is 483 g/mol. The second kappa shape index (κ2) is 9.86. The van der Waals surface area contributed by atoms with Gasteiger partial charge in [-0.1, -0.05) is 34.1 Å². The van der Waals surface area contributed by atoms with Crippen LogP contribution < -0.4 is 4.90 Å². The van der Waals surface area contributed by atoms with Gasteiger partial charge in [0, 0.05) is 61.4 Å². The molecule has 2 heterocycles. The molecule has 0 unspecified atom stereocenters. The quantitative estimate of drug-likeness (QED) is 0.625. The average Bonchev–Trinajstić information content (AvgIpc) is 3.34. The van der Waals surface area contributed by atoms with Crippen LogP contribution in [0.25, 0.3) is 0 Å². The summed E-state index contributed by atoms with van der Waals surface area (Å²) in [6, 6.07) is 15.9. The minimum Gasteiger partial charge on any atom is -0.371 e. The molecule has 2 saturated heterocycles. The fraction of sp³-hybridized carbons (Fsp3) is 0.440. The number of para-hydroxylation sites is 1. The van der Waals surface area contributed by atoms with E-state index in [-0.39, 0.29) is 17.7 Å². The maximum Gasteiger partial charge on any atom is 0.253 e. The van der Waals surface area contributed by atoms with E-state index in [4.69, 9.17) is 0 Å². The lowest BCUT2D eigenvalue weighted by molar-refractivity contribution is -0.136. The zero-order valence-corrected chi connectivity index (χ0v) is 19.7. The van der Waals surface area contributed by atoms with Crippen molar-refractivity contribution < 1.29 is 9.59 Å². The van der Waals surface area contributed by atoms with Crippen molar-refractivity contribution in [3.05, 3.63) is 64.1 Å². The number of halogens is 1. The molecule has 6 heteroatoms. The smallest absolute Gasteiger partial charge is 0.253 e. The van der Waals surface area contributed by atoms with Gasteiger partial charge in [-0.05, 0) is 61.6 Å². The summed E-state index contributed by atoms with van der Waals surface area (Å²) in [4.78, 5) is 32.0. The number of piperidine rings is 1. The van der Waals surface area contributed by atoms with Gasteiger partial charge in [-0.3, -0.25) is 9.59 Å². The molecule has 31 heavy (non-hydrogen) atoms. The molecule has 0 N–H and O–H groups in total. The Balaban J connectivity index is 1.33. The van der Waals surface area contributed by atoms with Gasteiger partial charge < -0.3 is 14.7 Å². The standard InChI is InChI=1S/C25H30BrN3O2/c1-27(18-21-6-2-3-7-23(21)28-14-4-5-15-28)24(30)20-12-16-29(17-13-20)25(31)19-8-10-22(26)11-9-19/h2-3,6-11,20H,4-5,12-18H2,1H3. The number of likely N-dealkylation sites (tertiary alicyclic amines) is 1. The number of benzene rings is 2. The molecule has 0 bridgehead atoms. The molecule has 0 aliphatic carbocycles. The molecule has 0 spiro atoms. The minimum absolute atomic E-state index is 0.0158. The van der Waals surface area contributed by atoms with E-state index in [0.29, 0.717) is 25.2 Å². The van der Waals surface area contributed by atoms with Crippen molar-refractivity contribution in [2.45, 2.75) is 32.2 Å². The van der Waals surface area contributed by atoms with Crippen LogP contribution in [0.5, 0.6) is 0 Å². The van der Waals surface area contributed by atoms with Crippen LogP contribution >= 0.6 is 15.9 Å². The normalized spacial score (nSPS) is 17.1. The van der Waals surface area contributed by atoms with E-state index in [9.17, 15) is 9.59 Å². The Morgan fingerprint density at radius 1 is 0.968 bits per heavy atom. The van der Waals surface area contributed by atoms with Gasteiger partial charge in [0.15, 0.2) is 0 Å². The lowest BCUT2D eigenvalue weighted by Crippen LogP contribution is -2.43. The van der Waals surface area contributed by atoms with Crippen molar-refractivity contribution in [1.82, 2.24) is 9.80 Å². The minimum atomic E-state index is -0.0158. The van der Waals surface area contributed by atoms with E-state index in [1.54, 1.807) is 0 Å². The first-order valence-corrected chi connectivity index (χ1v) is 11.9. The molecule has 2 aliphatic rings. The number of carbonyl (C=O) groups excluding carboxylic acids is 2. The third kappa shape index (κ3) is 5.12. The van der Waals surface area contributed by atoms with E-state index < -0.39 is 0 Å². The first kappa shape index (κ1) is 21.9. The molecule has 0 atom stereocenters. The lowest BCUT2D eigenvalue weighted by atomic mass is 9.94. The maximum absolute atomic E-state index is 13.1. The Hall–Kier alpha value is -2.34. The van der Waals surface area contributed by atoms with Gasteiger partial charge in [0.25, 0.3) is 5.91 Å². The maximum atomic E-state index is 13.1. The van der Waals surface area contributed by atoms with Gasteiger partial charge in [-0.2, -0.15) is 0 Å². The summed E-state index contributed by atoms with van der Waals surface area (Å²) in [7, 11) is 1.91. The summed E-state index contributed by atoms with van der Waals surface area (Å²) in [5, 5.41) is 0. The predicted molar refractivity (Wildman–Crippen MR) is 127 cm³/mol. The van der Waals surface area contributed by atoms with Gasteiger partial charge in [-0.25, -0.2) is 0 Å². The predicted octanol–water partition coefficient (Wildman–Crippen LogP) is 4.56. The van der Waals surface area contributed by atoms with Crippen molar-refractivity contribution in [2.24, 2.45) is 5.92 Å². The number of hydrogen-bond acceptors (Lipinski definition) is 3. The van der Waals surface area contributed by atoms with Crippen LogP contribution in [0.15, 0.2) is 53.0 Å². The Morgan fingerprint density at radius 2 is 1.61 bits per heavy atom. The third-order valence-electron chi connectivity index (χ3n) is 6.44. The van der Waals surface area contributed by atoms with E-state index in [1.165, 1.54) is 24.1 Å². The molecule has 5 nitrogen and oxygen atoms in total. The van der Waals surface area contributed by atoms with Gasteiger partial charge in [0.1, 0.15) is 0 Å². The second-order valence-corrected chi connectivity index (χ2v) is 9.51. The Labute approximate surface area is 193 Å². The van der Waals surface area contributed by atoms with E-state index >= 15 is 0 Å². The first-order valence-electron chi connectivity index (χ1n) is 11.2. The molecule has 2 aromatic rings. The number of rotatable bonds is 5. The van der Waals surface area contributed by atoms with Gasteiger partial charge in [-0.15, -0.1) is 0 Å². The summed E-state index contributed by atoms with van der Waals surface area (Å²) in [6.45, 7) is 4.08. The SMILES string of the molecule is CN(Cc1ccccc1N1CCCC1)C(=O)C1CCN(C(=O)c2ccc(Br)cc2)CC1. The second-order valence-electron chi connectivity index (χ2n) is 8.59. The van der Waals surface area contributed by atoms with Crippen LogP contribution in [0, 0.1) is 5.92 Å². The topological polar surface area (TPSA) is 43.9 Å². The van der Waals surface area contributed by atoms with Crippen LogP contribution in [0.2, 0.25) is 0 Å². The Kier molecular flexibility index (Phi) is 6.96. The van der Waals surface area contributed by atoms with E-state index in [1.807, 2.05) is 41.1 Å². The van der Waals surface area contributed by atoms with Crippen molar-refractivity contribution in [1.29, 1.82) is 0 Å². The number of hydrogen-bond donors (Lipinski definition) is 0. The lowest BCUT2D eigenvalue weighted by Gasteiger charge is -2.33. The third-order valence-corrected chi connectivity index (χ3v) is 6.97. The highest BCUT2D eigenvalue weighted by atomic mass is 79.9. The molecule has 0 aromatic heterocycles. The molecule has 2 fully saturated rings. The van der Waals surface area contributed by atoms with Crippen molar-refractivity contribution in [3.8, 4) is 0 Å². The molecule has 2 aromatic carbocycles. The fourth-order valence-corrected chi connectivity index (χ4v) is 4.93. The highest BCUT2D eigenvalue weighted by molar-refractivity contribution is 9.10. The number of nitrogens with zero attached hydrogens (tertiary/aromatic N) is 3. The number of carbonyl (C=O) groups is 2. The molecular formula is C25H30BrN3O2. The summed E-state index contributed by atoms with van der Waals surface area (Å²) in [6.07, 6.45) is 3.92. The van der Waals surface area contributed by atoms with Crippen LogP contribution in [-0.4, -0.2) is 54.8 Å². The summed E-state index contributed by atoms with van der Waals surface area (Å²) >= 11 is 3.41. The van der Waals surface area contributed by atoms with Crippen molar-refractivity contribution in [2.75, 3.05) is 38.1 Å². The van der Waals surface area contributed by atoms with Crippen LogP contribution in [0.3, 0.4) is 0 Å².